The van der Waals surface area contributed by atoms with Crippen molar-refractivity contribution in [1.82, 2.24) is 10.3 Å². The van der Waals surface area contributed by atoms with Gasteiger partial charge >= 0.3 is 0 Å². The molecule has 0 spiro atoms. The Bertz CT molecular complexity index is 617. The van der Waals surface area contributed by atoms with E-state index >= 15 is 0 Å². The summed E-state index contributed by atoms with van der Waals surface area (Å²) in [4.78, 5) is 4.98. The highest BCUT2D eigenvalue weighted by atomic mass is 32.1. The van der Waals surface area contributed by atoms with E-state index in [2.05, 4.69) is 55.7 Å². The normalized spacial score (nSPS) is 21.5. The molecule has 1 N–H and O–H groups in total. The molecule has 0 aliphatic heterocycles. The Balaban J connectivity index is 2.12. The van der Waals surface area contributed by atoms with Gasteiger partial charge in [0, 0.05) is 5.38 Å². The van der Waals surface area contributed by atoms with Gasteiger partial charge in [-0.1, -0.05) is 45.0 Å². The van der Waals surface area contributed by atoms with Gasteiger partial charge in [0.1, 0.15) is 5.01 Å². The van der Waals surface area contributed by atoms with Crippen LogP contribution in [0.1, 0.15) is 61.4 Å². The Hall–Kier alpha value is -1.19. The fourth-order valence-corrected chi connectivity index (χ4v) is 4.56. The van der Waals surface area contributed by atoms with Crippen LogP contribution in [0.15, 0.2) is 29.6 Å². The zero-order chi connectivity index (χ0) is 14.9. The Kier molecular flexibility index (Phi) is 4.14. The zero-order valence-corrected chi connectivity index (χ0v) is 14.0. The molecule has 21 heavy (non-hydrogen) atoms. The molecule has 1 aliphatic rings. The first kappa shape index (κ1) is 14.7. The maximum atomic E-state index is 4.98. The van der Waals surface area contributed by atoms with E-state index in [1.807, 2.05) is 11.3 Å². The number of aryl methyl sites for hydroxylation is 1. The predicted octanol–water partition coefficient (Wildman–Crippen LogP) is 4.46. The third-order valence-corrected chi connectivity index (χ3v) is 5.45. The number of aromatic nitrogens is 1. The van der Waals surface area contributed by atoms with Gasteiger partial charge in [0.05, 0.1) is 11.2 Å². The van der Waals surface area contributed by atoms with E-state index in [9.17, 15) is 0 Å². The number of benzene rings is 1. The van der Waals surface area contributed by atoms with E-state index in [1.165, 1.54) is 34.7 Å². The SMILES string of the molecule is CCNC1(c2nc(C(C)C)cs2)CCCc2ccccc21. The fraction of sp³-hybridized carbons (Fsp3) is 0.500. The molecule has 1 aliphatic carbocycles. The fourth-order valence-electron chi connectivity index (χ4n) is 3.36. The van der Waals surface area contributed by atoms with Gasteiger partial charge in [0.2, 0.25) is 0 Å². The standard InChI is InChI=1S/C18H24N2S/c1-4-19-18(17-20-16(12-21-17)13(2)3)11-7-9-14-8-5-6-10-15(14)18/h5-6,8,10,12-13,19H,4,7,9,11H2,1-3H3. The second-order valence-corrected chi connectivity index (χ2v) is 7.04. The van der Waals surface area contributed by atoms with Crippen LogP contribution in [0.3, 0.4) is 0 Å². The van der Waals surface area contributed by atoms with E-state index in [1.54, 1.807) is 0 Å². The molecule has 0 fully saturated rings. The summed E-state index contributed by atoms with van der Waals surface area (Å²) in [5.74, 6) is 0.493. The molecule has 1 heterocycles. The van der Waals surface area contributed by atoms with Crippen molar-refractivity contribution in [1.29, 1.82) is 0 Å². The molecule has 1 aromatic heterocycles. The summed E-state index contributed by atoms with van der Waals surface area (Å²) in [5.41, 5.74) is 4.05. The van der Waals surface area contributed by atoms with Gasteiger partial charge in [-0.3, -0.25) is 0 Å². The topological polar surface area (TPSA) is 24.9 Å². The van der Waals surface area contributed by atoms with Crippen molar-refractivity contribution in [2.75, 3.05) is 6.54 Å². The highest BCUT2D eigenvalue weighted by Crippen LogP contribution is 2.42. The number of nitrogens with one attached hydrogen (secondary N) is 1. The van der Waals surface area contributed by atoms with E-state index in [0.717, 1.165) is 13.0 Å². The average molecular weight is 300 g/mol. The maximum absolute atomic E-state index is 4.98. The van der Waals surface area contributed by atoms with Crippen LogP contribution in [0.4, 0.5) is 0 Å². The van der Waals surface area contributed by atoms with Gasteiger partial charge in [-0.15, -0.1) is 11.3 Å². The molecule has 112 valence electrons. The van der Waals surface area contributed by atoms with E-state index in [0.29, 0.717) is 5.92 Å². The third kappa shape index (κ3) is 2.53. The van der Waals surface area contributed by atoms with Crippen molar-refractivity contribution < 1.29 is 0 Å². The van der Waals surface area contributed by atoms with Crippen LogP contribution in [0.25, 0.3) is 0 Å². The summed E-state index contributed by atoms with van der Waals surface area (Å²) < 4.78 is 0. The lowest BCUT2D eigenvalue weighted by Crippen LogP contribution is -2.45. The lowest BCUT2D eigenvalue weighted by molar-refractivity contribution is 0.349. The van der Waals surface area contributed by atoms with Crippen LogP contribution in [0.2, 0.25) is 0 Å². The third-order valence-electron chi connectivity index (χ3n) is 4.43. The van der Waals surface area contributed by atoms with Gasteiger partial charge in [-0.25, -0.2) is 4.98 Å². The van der Waals surface area contributed by atoms with Gasteiger partial charge in [0.25, 0.3) is 0 Å². The van der Waals surface area contributed by atoms with Crippen LogP contribution >= 0.6 is 11.3 Å². The molecule has 0 bridgehead atoms. The molecule has 0 saturated carbocycles. The first-order valence-electron chi connectivity index (χ1n) is 7.96. The molecule has 0 amide bonds. The monoisotopic (exact) mass is 300 g/mol. The molecular formula is C18H24N2S. The molecule has 0 radical (unpaired) electrons. The van der Waals surface area contributed by atoms with Gasteiger partial charge in [-0.2, -0.15) is 0 Å². The molecule has 3 heteroatoms. The summed E-state index contributed by atoms with van der Waals surface area (Å²) in [7, 11) is 0. The van der Waals surface area contributed by atoms with Crippen molar-refractivity contribution in [3.05, 3.63) is 51.5 Å². The molecule has 2 aromatic rings. The Morgan fingerprint density at radius 3 is 2.86 bits per heavy atom. The van der Waals surface area contributed by atoms with Gasteiger partial charge in [0.15, 0.2) is 0 Å². The summed E-state index contributed by atoms with van der Waals surface area (Å²) in [5, 5.41) is 7.24. The highest BCUT2D eigenvalue weighted by Gasteiger charge is 2.39. The summed E-state index contributed by atoms with van der Waals surface area (Å²) >= 11 is 1.81. The number of nitrogens with zero attached hydrogens (tertiary/aromatic N) is 1. The predicted molar refractivity (Wildman–Crippen MR) is 90.0 cm³/mol. The van der Waals surface area contributed by atoms with Crippen molar-refractivity contribution in [3.8, 4) is 0 Å². The van der Waals surface area contributed by atoms with Gasteiger partial charge in [-0.05, 0) is 42.9 Å². The number of hydrogen-bond acceptors (Lipinski definition) is 3. The summed E-state index contributed by atoms with van der Waals surface area (Å²) in [6.45, 7) is 7.59. The molecule has 1 atom stereocenters. The number of hydrogen-bond donors (Lipinski definition) is 1. The smallest absolute Gasteiger partial charge is 0.118 e. The Labute approximate surface area is 131 Å². The van der Waals surface area contributed by atoms with Crippen LogP contribution < -0.4 is 5.32 Å². The minimum Gasteiger partial charge on any atom is -0.302 e. The number of thiazole rings is 1. The minimum atomic E-state index is -0.0819. The van der Waals surface area contributed by atoms with Crippen LogP contribution in [-0.4, -0.2) is 11.5 Å². The molecule has 2 nitrogen and oxygen atoms in total. The van der Waals surface area contributed by atoms with Crippen molar-refractivity contribution in [3.63, 3.8) is 0 Å². The quantitative estimate of drug-likeness (QED) is 0.902. The lowest BCUT2D eigenvalue weighted by Gasteiger charge is -2.38. The van der Waals surface area contributed by atoms with Gasteiger partial charge < -0.3 is 5.32 Å². The number of rotatable bonds is 4. The zero-order valence-electron chi connectivity index (χ0n) is 13.1. The van der Waals surface area contributed by atoms with Crippen LogP contribution in [0, 0.1) is 0 Å². The van der Waals surface area contributed by atoms with Crippen molar-refractivity contribution >= 4 is 11.3 Å². The van der Waals surface area contributed by atoms with E-state index in [-0.39, 0.29) is 5.54 Å². The first-order chi connectivity index (χ1) is 10.2. The average Bonchev–Trinajstić information content (AvgIpc) is 2.98. The van der Waals surface area contributed by atoms with Crippen LogP contribution in [0.5, 0.6) is 0 Å². The molecular weight excluding hydrogens is 276 g/mol. The first-order valence-corrected chi connectivity index (χ1v) is 8.84. The van der Waals surface area contributed by atoms with Crippen LogP contribution in [-0.2, 0) is 12.0 Å². The van der Waals surface area contributed by atoms with E-state index in [4.69, 9.17) is 4.98 Å². The molecule has 1 unspecified atom stereocenters. The van der Waals surface area contributed by atoms with E-state index < -0.39 is 0 Å². The largest absolute Gasteiger partial charge is 0.302 e. The maximum Gasteiger partial charge on any atom is 0.118 e. The molecule has 1 aromatic carbocycles. The number of fused-ring (bicyclic) bond motifs is 1. The molecule has 0 saturated heterocycles. The van der Waals surface area contributed by atoms with Crippen molar-refractivity contribution in [2.45, 2.75) is 51.5 Å². The highest BCUT2D eigenvalue weighted by molar-refractivity contribution is 7.09. The summed E-state index contributed by atoms with van der Waals surface area (Å²) in [6.07, 6.45) is 3.55. The van der Waals surface area contributed by atoms with Crippen molar-refractivity contribution in [2.24, 2.45) is 0 Å². The Morgan fingerprint density at radius 1 is 1.33 bits per heavy atom. The lowest BCUT2D eigenvalue weighted by atomic mass is 9.76. The second-order valence-electron chi connectivity index (χ2n) is 6.18. The second kappa shape index (κ2) is 5.90. The minimum absolute atomic E-state index is 0.0819. The Morgan fingerprint density at radius 2 is 2.14 bits per heavy atom. The summed E-state index contributed by atoms with van der Waals surface area (Å²) in [6, 6.07) is 8.88. The molecule has 3 rings (SSSR count).